The summed E-state index contributed by atoms with van der Waals surface area (Å²) >= 11 is 0. The second-order valence-corrected chi connectivity index (χ2v) is 5.28. The van der Waals surface area contributed by atoms with Crippen LogP contribution in [0.2, 0.25) is 0 Å². The van der Waals surface area contributed by atoms with E-state index in [1.165, 1.54) is 0 Å². The van der Waals surface area contributed by atoms with E-state index in [4.69, 9.17) is 0 Å². The summed E-state index contributed by atoms with van der Waals surface area (Å²) in [6.07, 6.45) is -0.798. The van der Waals surface area contributed by atoms with Gasteiger partial charge in [-0.2, -0.15) is 13.2 Å². The van der Waals surface area contributed by atoms with Gasteiger partial charge in [-0.05, 0) is 25.7 Å². The van der Waals surface area contributed by atoms with Gasteiger partial charge in [-0.15, -0.1) is 0 Å². The summed E-state index contributed by atoms with van der Waals surface area (Å²) in [6.45, 7) is 5.27. The van der Waals surface area contributed by atoms with Gasteiger partial charge in [-0.25, -0.2) is 9.97 Å². The zero-order valence-electron chi connectivity index (χ0n) is 12.4. The highest BCUT2D eigenvalue weighted by molar-refractivity contribution is 5.51. The number of hydrogen-bond donors (Lipinski definition) is 1. The highest BCUT2D eigenvalue weighted by atomic mass is 19.4. The predicted molar refractivity (Wildman–Crippen MR) is 76.5 cm³/mol. The quantitative estimate of drug-likeness (QED) is 0.834. The Labute approximate surface area is 122 Å². The standard InChI is InChI=1S/C14H21F3N4/c1-3-7-18-11-9-12(20-13(19-11)14(15,16)17)21(8-4-2)10-5-6-10/h9-10H,3-8H2,1-2H3,(H,18,19,20). The highest BCUT2D eigenvalue weighted by Crippen LogP contribution is 2.34. The molecular formula is C14H21F3N4. The average Bonchev–Trinajstić information content (AvgIpc) is 3.25. The van der Waals surface area contributed by atoms with Crippen LogP contribution in [-0.2, 0) is 6.18 Å². The first-order valence-electron chi connectivity index (χ1n) is 7.42. The second kappa shape index (κ2) is 6.49. The Morgan fingerprint density at radius 2 is 1.95 bits per heavy atom. The van der Waals surface area contributed by atoms with Gasteiger partial charge >= 0.3 is 6.18 Å². The molecule has 1 N–H and O–H groups in total. The Kier molecular flexibility index (Phi) is 4.90. The first kappa shape index (κ1) is 15.9. The van der Waals surface area contributed by atoms with Crippen LogP contribution in [0.4, 0.5) is 24.8 Å². The second-order valence-electron chi connectivity index (χ2n) is 5.28. The number of hydrogen-bond acceptors (Lipinski definition) is 4. The van der Waals surface area contributed by atoms with Crippen molar-refractivity contribution in [2.45, 2.75) is 51.7 Å². The molecule has 118 valence electrons. The molecule has 1 saturated carbocycles. The molecule has 1 fully saturated rings. The Morgan fingerprint density at radius 1 is 1.24 bits per heavy atom. The summed E-state index contributed by atoms with van der Waals surface area (Å²) in [5.41, 5.74) is 0. The van der Waals surface area contributed by atoms with Crippen LogP contribution >= 0.6 is 0 Å². The van der Waals surface area contributed by atoms with Gasteiger partial charge in [0.05, 0.1) is 0 Å². The van der Waals surface area contributed by atoms with E-state index in [-0.39, 0.29) is 5.82 Å². The molecule has 2 rings (SSSR count). The molecule has 0 unspecified atom stereocenters. The van der Waals surface area contributed by atoms with Crippen molar-refractivity contribution in [3.63, 3.8) is 0 Å². The summed E-state index contributed by atoms with van der Waals surface area (Å²) < 4.78 is 38.9. The molecule has 4 nitrogen and oxygen atoms in total. The van der Waals surface area contributed by atoms with Gasteiger partial charge in [0, 0.05) is 25.2 Å². The molecule has 1 aliphatic carbocycles. The van der Waals surface area contributed by atoms with Crippen molar-refractivity contribution < 1.29 is 13.2 Å². The number of nitrogens with one attached hydrogen (secondary N) is 1. The highest BCUT2D eigenvalue weighted by Gasteiger charge is 2.37. The minimum absolute atomic E-state index is 0.246. The molecule has 1 aromatic heterocycles. The topological polar surface area (TPSA) is 41.0 Å². The van der Waals surface area contributed by atoms with Crippen molar-refractivity contribution in [2.75, 3.05) is 23.3 Å². The smallest absolute Gasteiger partial charge is 0.370 e. The van der Waals surface area contributed by atoms with Gasteiger partial charge in [-0.1, -0.05) is 13.8 Å². The molecule has 7 heteroatoms. The molecule has 1 aromatic rings. The van der Waals surface area contributed by atoms with Crippen LogP contribution in [0, 0.1) is 0 Å². The lowest BCUT2D eigenvalue weighted by atomic mass is 10.3. The summed E-state index contributed by atoms with van der Waals surface area (Å²) in [4.78, 5) is 9.30. The Hall–Kier alpha value is -1.53. The molecule has 0 aliphatic heterocycles. The lowest BCUT2D eigenvalue weighted by Gasteiger charge is -2.24. The maximum absolute atomic E-state index is 13.0. The zero-order chi connectivity index (χ0) is 15.5. The largest absolute Gasteiger partial charge is 0.451 e. The van der Waals surface area contributed by atoms with Crippen LogP contribution in [0.5, 0.6) is 0 Å². The van der Waals surface area contributed by atoms with Crippen molar-refractivity contribution >= 4 is 11.6 Å². The van der Waals surface area contributed by atoms with Gasteiger partial charge in [0.25, 0.3) is 0 Å². The molecule has 0 radical (unpaired) electrons. The first-order chi connectivity index (χ1) is 9.95. The van der Waals surface area contributed by atoms with E-state index >= 15 is 0 Å². The molecule has 0 amide bonds. The molecule has 1 aliphatic rings. The van der Waals surface area contributed by atoms with Crippen LogP contribution in [-0.4, -0.2) is 29.1 Å². The van der Waals surface area contributed by atoms with Gasteiger partial charge in [0.15, 0.2) is 0 Å². The minimum Gasteiger partial charge on any atom is -0.370 e. The van der Waals surface area contributed by atoms with E-state index in [1.807, 2.05) is 18.7 Å². The Bertz CT molecular complexity index is 472. The SMILES string of the molecule is CCCNc1cc(N(CCC)C2CC2)nc(C(F)(F)F)n1. The van der Waals surface area contributed by atoms with E-state index in [0.717, 1.165) is 25.7 Å². The molecule has 0 bridgehead atoms. The van der Waals surface area contributed by atoms with Crippen molar-refractivity contribution in [1.29, 1.82) is 0 Å². The summed E-state index contributed by atoms with van der Waals surface area (Å²) in [7, 11) is 0. The molecule has 0 saturated heterocycles. The van der Waals surface area contributed by atoms with Crippen molar-refractivity contribution in [2.24, 2.45) is 0 Å². The summed E-state index contributed by atoms with van der Waals surface area (Å²) in [6, 6.07) is 1.94. The van der Waals surface area contributed by atoms with Crippen LogP contribution < -0.4 is 10.2 Å². The molecule has 21 heavy (non-hydrogen) atoms. The van der Waals surface area contributed by atoms with E-state index in [2.05, 4.69) is 15.3 Å². The monoisotopic (exact) mass is 302 g/mol. The number of halogens is 3. The molecule has 0 atom stereocenters. The van der Waals surface area contributed by atoms with Crippen LogP contribution in [0.1, 0.15) is 45.4 Å². The number of aromatic nitrogens is 2. The minimum atomic E-state index is -4.53. The van der Waals surface area contributed by atoms with Crippen molar-refractivity contribution in [1.82, 2.24) is 9.97 Å². The van der Waals surface area contributed by atoms with Gasteiger partial charge in [-0.3, -0.25) is 0 Å². The van der Waals surface area contributed by atoms with E-state index in [1.54, 1.807) is 6.07 Å². The number of nitrogens with zero attached hydrogens (tertiary/aromatic N) is 3. The molecule has 1 heterocycles. The van der Waals surface area contributed by atoms with Crippen LogP contribution in [0.3, 0.4) is 0 Å². The van der Waals surface area contributed by atoms with E-state index in [0.29, 0.717) is 24.9 Å². The van der Waals surface area contributed by atoms with Gasteiger partial charge in [0.2, 0.25) is 5.82 Å². The fraction of sp³-hybridized carbons (Fsp3) is 0.714. The number of anilines is 2. The fourth-order valence-corrected chi connectivity index (χ4v) is 2.16. The van der Waals surface area contributed by atoms with E-state index in [9.17, 15) is 13.2 Å². The third-order valence-corrected chi connectivity index (χ3v) is 3.27. The number of rotatable bonds is 7. The summed E-state index contributed by atoms with van der Waals surface area (Å²) in [5.74, 6) is -0.448. The third-order valence-electron chi connectivity index (χ3n) is 3.27. The number of alkyl halides is 3. The molecular weight excluding hydrogens is 281 g/mol. The van der Waals surface area contributed by atoms with Crippen molar-refractivity contribution in [3.05, 3.63) is 11.9 Å². The first-order valence-corrected chi connectivity index (χ1v) is 7.42. The van der Waals surface area contributed by atoms with Gasteiger partial charge < -0.3 is 10.2 Å². The lowest BCUT2D eigenvalue weighted by Crippen LogP contribution is -2.29. The fourth-order valence-electron chi connectivity index (χ4n) is 2.16. The molecule has 0 aromatic carbocycles. The Balaban J connectivity index is 2.33. The third kappa shape index (κ3) is 4.22. The van der Waals surface area contributed by atoms with E-state index < -0.39 is 12.0 Å². The maximum atomic E-state index is 13.0. The van der Waals surface area contributed by atoms with Gasteiger partial charge in [0.1, 0.15) is 11.6 Å². The van der Waals surface area contributed by atoms with Crippen LogP contribution in [0.25, 0.3) is 0 Å². The lowest BCUT2D eigenvalue weighted by molar-refractivity contribution is -0.144. The Morgan fingerprint density at radius 3 is 2.48 bits per heavy atom. The zero-order valence-corrected chi connectivity index (χ0v) is 12.4. The predicted octanol–water partition coefficient (Wildman–Crippen LogP) is 3.70. The average molecular weight is 302 g/mol. The molecule has 0 spiro atoms. The summed E-state index contributed by atoms with van der Waals surface area (Å²) in [5, 5.41) is 2.93. The normalized spacial score (nSPS) is 15.1. The van der Waals surface area contributed by atoms with Crippen molar-refractivity contribution in [3.8, 4) is 0 Å². The maximum Gasteiger partial charge on any atom is 0.451 e. The van der Waals surface area contributed by atoms with Crippen LogP contribution in [0.15, 0.2) is 6.07 Å².